The fourth-order valence-electron chi connectivity index (χ4n) is 5.17. The summed E-state index contributed by atoms with van der Waals surface area (Å²) in [6.45, 7) is 1.71. The lowest BCUT2D eigenvalue weighted by Crippen LogP contribution is -2.18. The average Bonchev–Trinajstić information content (AvgIpc) is 3.65. The lowest BCUT2D eigenvalue weighted by molar-refractivity contribution is -0.137. The van der Waals surface area contributed by atoms with E-state index in [1.165, 1.54) is 54.5 Å². The molecule has 0 bridgehead atoms. The normalized spacial score (nSPS) is 14.5. The van der Waals surface area contributed by atoms with Crippen molar-refractivity contribution in [2.45, 2.75) is 23.9 Å². The first kappa shape index (κ1) is 33.1. The first-order chi connectivity index (χ1) is 23.3. The van der Waals surface area contributed by atoms with Gasteiger partial charge in [-0.15, -0.1) is 0 Å². The number of nitrogens with one attached hydrogen (secondary N) is 4. The molecule has 2 heterocycles. The molecule has 4 N–H and O–H groups in total. The summed E-state index contributed by atoms with van der Waals surface area (Å²) >= 11 is 0. The molecule has 2 amide bonds. The van der Waals surface area contributed by atoms with Crippen LogP contribution in [0.25, 0.3) is 5.69 Å². The minimum Gasteiger partial charge on any atom is -0.355 e. The van der Waals surface area contributed by atoms with Crippen molar-refractivity contribution in [3.63, 3.8) is 0 Å². The number of nitrogens with zero attached hydrogens (tertiary/aromatic N) is 3. The third-order valence-corrected chi connectivity index (χ3v) is 9.07. The number of imidazole rings is 1. The number of rotatable bonds is 9. The van der Waals surface area contributed by atoms with Crippen molar-refractivity contribution < 1.29 is 31.2 Å². The zero-order valence-electron chi connectivity index (χ0n) is 25.9. The number of aliphatic imine (C=N–C) groups is 1. The summed E-state index contributed by atoms with van der Waals surface area (Å²) in [4.78, 5) is 34.4. The molecule has 0 fully saturated rings. The first-order valence-electron chi connectivity index (χ1n) is 14.7. The Balaban J connectivity index is 1.16. The van der Waals surface area contributed by atoms with Crippen LogP contribution >= 0.6 is 0 Å². The van der Waals surface area contributed by atoms with Crippen LogP contribution in [0.15, 0.2) is 107 Å². The molecule has 0 saturated carbocycles. The number of aryl methyl sites for hydroxylation is 1. The molecule has 0 spiro atoms. The first-order valence-corrected chi connectivity index (χ1v) is 16.2. The Bertz CT molecular complexity index is 2220. The summed E-state index contributed by atoms with van der Waals surface area (Å²) in [6.07, 6.45) is -0.235. The van der Waals surface area contributed by atoms with E-state index in [0.29, 0.717) is 39.7 Å². The maximum absolute atomic E-state index is 13.7. The number of anilines is 4. The van der Waals surface area contributed by atoms with Gasteiger partial charge in [-0.2, -0.15) is 13.2 Å². The van der Waals surface area contributed by atoms with Gasteiger partial charge in [-0.25, -0.2) is 18.1 Å². The highest BCUT2D eigenvalue weighted by molar-refractivity contribution is 7.89. The van der Waals surface area contributed by atoms with Gasteiger partial charge < -0.3 is 20.5 Å². The number of hydrogen-bond acceptors (Lipinski definition) is 7. The standard InChI is InChI=1S/C34H28F3N7O4S/c1-20-18-44(19-40-20)27-13-21(12-22(14-27)34(35,36)37)32(45)42-25-5-3-4-24(15-25)41-26-8-11-29-30(33(46)43-31(29)16-26)17-39-23-6-9-28(10-7-23)49(47,48)38-2/h3-19,30,38,41H,1-2H3,(H,42,45)(H,43,46). The SMILES string of the molecule is CNS(=O)(=O)c1ccc(N=CC2C(=O)Nc3cc(Nc4cccc(NC(=O)c5cc(-n6cnc(C)c6)cc(C(F)(F)F)c5)c4)ccc32)cc1. The van der Waals surface area contributed by atoms with Crippen LogP contribution in [0.3, 0.4) is 0 Å². The Morgan fingerprint density at radius 1 is 0.980 bits per heavy atom. The molecule has 1 unspecified atom stereocenters. The third-order valence-electron chi connectivity index (χ3n) is 7.64. The number of sulfonamides is 1. The van der Waals surface area contributed by atoms with Crippen molar-refractivity contribution in [3.05, 3.63) is 120 Å². The van der Waals surface area contributed by atoms with E-state index >= 15 is 0 Å². The van der Waals surface area contributed by atoms with Crippen molar-refractivity contribution in [2.24, 2.45) is 4.99 Å². The predicted molar refractivity (Wildman–Crippen MR) is 180 cm³/mol. The zero-order valence-corrected chi connectivity index (χ0v) is 26.7. The van der Waals surface area contributed by atoms with E-state index < -0.39 is 33.6 Å². The van der Waals surface area contributed by atoms with E-state index in [9.17, 15) is 31.2 Å². The molecule has 1 aliphatic heterocycles. The van der Waals surface area contributed by atoms with E-state index in [0.717, 1.165) is 12.1 Å². The van der Waals surface area contributed by atoms with Crippen LogP contribution in [0.4, 0.5) is 41.6 Å². The Labute approximate surface area is 279 Å². The van der Waals surface area contributed by atoms with Gasteiger partial charge in [0.2, 0.25) is 15.9 Å². The van der Waals surface area contributed by atoms with Crippen LogP contribution in [-0.4, -0.2) is 43.0 Å². The highest BCUT2D eigenvalue weighted by atomic mass is 32.2. The predicted octanol–water partition coefficient (Wildman–Crippen LogP) is 6.54. The van der Waals surface area contributed by atoms with Crippen LogP contribution in [0.1, 0.15) is 33.1 Å². The lowest BCUT2D eigenvalue weighted by Gasteiger charge is -2.14. The third kappa shape index (κ3) is 7.37. The summed E-state index contributed by atoms with van der Waals surface area (Å²) in [7, 11) is -2.26. The summed E-state index contributed by atoms with van der Waals surface area (Å²) in [5.74, 6) is -1.68. The average molecular weight is 688 g/mol. The maximum atomic E-state index is 13.7. The van der Waals surface area contributed by atoms with Crippen LogP contribution < -0.4 is 20.7 Å². The number of hydrogen-bond donors (Lipinski definition) is 4. The van der Waals surface area contributed by atoms with Gasteiger partial charge in [0.1, 0.15) is 5.92 Å². The van der Waals surface area contributed by atoms with Gasteiger partial charge in [0.15, 0.2) is 0 Å². The van der Waals surface area contributed by atoms with Gasteiger partial charge in [0.05, 0.1) is 28.2 Å². The molecule has 15 heteroatoms. The molecule has 0 aliphatic carbocycles. The highest BCUT2D eigenvalue weighted by Crippen LogP contribution is 2.36. The van der Waals surface area contributed by atoms with E-state index in [1.54, 1.807) is 55.6 Å². The molecule has 250 valence electrons. The molecule has 0 radical (unpaired) electrons. The molecule has 0 saturated heterocycles. The summed E-state index contributed by atoms with van der Waals surface area (Å²) in [5, 5.41) is 8.71. The number of aromatic nitrogens is 2. The Kier molecular flexibility index (Phi) is 8.79. The molecule has 1 atom stereocenters. The molecular formula is C34H28F3N7O4S. The molecule has 11 nitrogen and oxygen atoms in total. The molecule has 4 aromatic carbocycles. The number of carbonyl (C=O) groups is 2. The van der Waals surface area contributed by atoms with Gasteiger partial charge >= 0.3 is 6.18 Å². The fraction of sp³-hybridized carbons (Fsp3) is 0.118. The van der Waals surface area contributed by atoms with Gasteiger partial charge in [0.25, 0.3) is 5.91 Å². The Hall–Kier alpha value is -5.80. The number of carbonyl (C=O) groups excluding carboxylic acids is 2. The van der Waals surface area contributed by atoms with Crippen molar-refractivity contribution in [2.75, 3.05) is 23.0 Å². The molecule has 1 aromatic heterocycles. The van der Waals surface area contributed by atoms with E-state index in [1.807, 2.05) is 0 Å². The number of fused-ring (bicyclic) bond motifs is 1. The number of benzene rings is 4. The van der Waals surface area contributed by atoms with Gasteiger partial charge in [-0.3, -0.25) is 14.6 Å². The monoisotopic (exact) mass is 687 g/mol. The number of alkyl halides is 3. The molecule has 6 rings (SSSR count). The summed E-state index contributed by atoms with van der Waals surface area (Å²) in [6, 6.07) is 21.0. The fourth-order valence-corrected chi connectivity index (χ4v) is 5.90. The number of halogens is 3. The summed E-state index contributed by atoms with van der Waals surface area (Å²) < 4.78 is 68.6. The number of amides is 2. The second-order valence-corrected chi connectivity index (χ2v) is 13.0. The second kappa shape index (κ2) is 13.0. The maximum Gasteiger partial charge on any atom is 0.416 e. The molecule has 1 aliphatic rings. The Morgan fingerprint density at radius 3 is 2.41 bits per heavy atom. The van der Waals surface area contributed by atoms with Crippen LogP contribution in [0, 0.1) is 6.92 Å². The van der Waals surface area contributed by atoms with E-state index in [-0.39, 0.29) is 22.1 Å². The Morgan fingerprint density at radius 2 is 1.71 bits per heavy atom. The molecule has 5 aromatic rings. The lowest BCUT2D eigenvalue weighted by atomic mass is 10.0. The minimum absolute atomic E-state index is 0.0943. The highest BCUT2D eigenvalue weighted by Gasteiger charge is 2.32. The van der Waals surface area contributed by atoms with E-state index in [2.05, 4.69) is 30.6 Å². The van der Waals surface area contributed by atoms with Crippen molar-refractivity contribution >= 4 is 56.5 Å². The van der Waals surface area contributed by atoms with Crippen molar-refractivity contribution in [1.29, 1.82) is 0 Å². The smallest absolute Gasteiger partial charge is 0.355 e. The molecular weight excluding hydrogens is 659 g/mol. The van der Waals surface area contributed by atoms with E-state index in [4.69, 9.17) is 0 Å². The topological polar surface area (TPSA) is 147 Å². The van der Waals surface area contributed by atoms with Crippen LogP contribution in [0.2, 0.25) is 0 Å². The summed E-state index contributed by atoms with van der Waals surface area (Å²) in [5.41, 5.74) is 2.88. The van der Waals surface area contributed by atoms with Crippen LogP contribution in [0.5, 0.6) is 0 Å². The van der Waals surface area contributed by atoms with Crippen molar-refractivity contribution in [1.82, 2.24) is 14.3 Å². The van der Waals surface area contributed by atoms with Gasteiger partial charge in [-0.05, 0) is 92.3 Å². The minimum atomic E-state index is -4.67. The second-order valence-electron chi connectivity index (χ2n) is 11.1. The van der Waals surface area contributed by atoms with Crippen molar-refractivity contribution in [3.8, 4) is 5.69 Å². The van der Waals surface area contributed by atoms with Crippen LogP contribution in [-0.2, 0) is 21.0 Å². The molecule has 49 heavy (non-hydrogen) atoms. The zero-order chi connectivity index (χ0) is 34.9. The largest absolute Gasteiger partial charge is 0.416 e. The van der Waals surface area contributed by atoms with Gasteiger partial charge in [-0.1, -0.05) is 12.1 Å². The van der Waals surface area contributed by atoms with Gasteiger partial charge in [0, 0.05) is 46.4 Å². The quantitative estimate of drug-likeness (QED) is 0.130.